The van der Waals surface area contributed by atoms with E-state index >= 15 is 0 Å². The van der Waals surface area contributed by atoms with Crippen molar-refractivity contribution in [3.63, 3.8) is 0 Å². The monoisotopic (exact) mass is 238 g/mol. The van der Waals surface area contributed by atoms with Crippen molar-refractivity contribution < 1.29 is 19.8 Å². The first-order chi connectivity index (χ1) is 7.95. The van der Waals surface area contributed by atoms with Crippen LogP contribution in [-0.2, 0) is 11.2 Å². The second kappa shape index (κ2) is 5.42. The topological polar surface area (TPSA) is 127 Å². The first-order valence-electron chi connectivity index (χ1n) is 4.99. The highest BCUT2D eigenvalue weighted by molar-refractivity contribution is 5.99. The van der Waals surface area contributed by atoms with E-state index in [2.05, 4.69) is 0 Å². The molecule has 92 valence electrons. The fourth-order valence-electron chi connectivity index (χ4n) is 1.44. The number of rotatable bonds is 5. The van der Waals surface area contributed by atoms with Gasteiger partial charge in [-0.2, -0.15) is 0 Å². The largest absolute Gasteiger partial charge is 0.508 e. The molecule has 6 N–H and O–H groups in total. The Morgan fingerprint density at radius 2 is 2.00 bits per heavy atom. The summed E-state index contributed by atoms with van der Waals surface area (Å²) in [5.74, 6) is -1.59. The minimum absolute atomic E-state index is 0.0106. The number of phenols is 1. The van der Waals surface area contributed by atoms with Crippen molar-refractivity contribution in [3.05, 3.63) is 29.3 Å². The van der Waals surface area contributed by atoms with Crippen molar-refractivity contribution >= 4 is 11.8 Å². The molecule has 0 saturated carbocycles. The normalized spacial score (nSPS) is 12.1. The summed E-state index contributed by atoms with van der Waals surface area (Å²) in [5, 5.41) is 18.0. The van der Waals surface area contributed by atoms with Crippen molar-refractivity contribution in [1.29, 1.82) is 0 Å². The highest BCUT2D eigenvalue weighted by Gasteiger charge is 2.17. The van der Waals surface area contributed by atoms with E-state index in [1.807, 2.05) is 0 Å². The van der Waals surface area contributed by atoms with Crippen molar-refractivity contribution in [2.24, 2.45) is 11.5 Å². The number of aliphatic carboxylic acids is 1. The van der Waals surface area contributed by atoms with E-state index in [9.17, 15) is 14.7 Å². The molecule has 0 aliphatic heterocycles. The third kappa shape index (κ3) is 3.27. The second-order valence-electron chi connectivity index (χ2n) is 3.62. The smallest absolute Gasteiger partial charge is 0.320 e. The van der Waals surface area contributed by atoms with Gasteiger partial charge in [-0.3, -0.25) is 9.59 Å². The van der Waals surface area contributed by atoms with Crippen molar-refractivity contribution in [2.45, 2.75) is 12.5 Å². The highest BCUT2D eigenvalue weighted by Crippen LogP contribution is 2.18. The van der Waals surface area contributed by atoms with Gasteiger partial charge in [0.05, 0.1) is 6.54 Å². The van der Waals surface area contributed by atoms with Crippen molar-refractivity contribution in [1.82, 2.24) is 0 Å². The lowest BCUT2D eigenvalue weighted by Gasteiger charge is -2.11. The minimum Gasteiger partial charge on any atom is -0.508 e. The van der Waals surface area contributed by atoms with E-state index < -0.39 is 12.0 Å². The van der Waals surface area contributed by atoms with Gasteiger partial charge in [-0.25, -0.2) is 0 Å². The van der Waals surface area contributed by atoms with Crippen LogP contribution in [-0.4, -0.2) is 34.6 Å². The van der Waals surface area contributed by atoms with E-state index in [1.165, 1.54) is 18.2 Å². The quantitative estimate of drug-likeness (QED) is 0.511. The Bertz CT molecular complexity index is 445. The Hall–Kier alpha value is -1.92. The van der Waals surface area contributed by atoms with Gasteiger partial charge >= 0.3 is 5.97 Å². The standard InChI is InChI=1S/C11H14N2O4/c12-5-10(15)8-4-7(14)2-1-6(8)3-9(13)11(16)17/h1-2,4,9,14H,3,5,12-13H2,(H,16,17)/t9-/m0/s1. The maximum absolute atomic E-state index is 11.5. The summed E-state index contributed by atoms with van der Waals surface area (Å²) in [6.45, 7) is -0.210. The molecule has 17 heavy (non-hydrogen) atoms. The number of benzene rings is 1. The molecule has 0 aliphatic carbocycles. The Morgan fingerprint density at radius 3 is 2.53 bits per heavy atom. The molecule has 0 aromatic heterocycles. The van der Waals surface area contributed by atoms with E-state index in [0.29, 0.717) is 5.56 Å². The molecule has 1 atom stereocenters. The number of carbonyl (C=O) groups excluding carboxylic acids is 1. The molecule has 1 rings (SSSR count). The zero-order valence-electron chi connectivity index (χ0n) is 9.09. The molecule has 6 heteroatoms. The molecule has 0 radical (unpaired) electrons. The third-order valence-corrected chi connectivity index (χ3v) is 2.34. The van der Waals surface area contributed by atoms with Gasteiger partial charge in [-0.05, 0) is 24.1 Å². The van der Waals surface area contributed by atoms with Crippen LogP contribution in [0, 0.1) is 0 Å². The number of Topliss-reactive ketones (excluding diaryl/α,β-unsaturated/α-hetero) is 1. The highest BCUT2D eigenvalue weighted by atomic mass is 16.4. The summed E-state index contributed by atoms with van der Waals surface area (Å²) in [4.78, 5) is 22.2. The molecule has 0 saturated heterocycles. The summed E-state index contributed by atoms with van der Waals surface area (Å²) in [6, 6.07) is 3.01. The van der Waals surface area contributed by atoms with E-state index in [4.69, 9.17) is 16.6 Å². The summed E-state index contributed by atoms with van der Waals surface area (Å²) >= 11 is 0. The first-order valence-corrected chi connectivity index (χ1v) is 4.99. The Balaban J connectivity index is 3.06. The van der Waals surface area contributed by atoms with E-state index in [-0.39, 0.29) is 30.1 Å². The molecule has 0 heterocycles. The van der Waals surface area contributed by atoms with Crippen LogP contribution < -0.4 is 11.5 Å². The molecule has 0 fully saturated rings. The molecule has 1 aromatic carbocycles. The van der Waals surface area contributed by atoms with Gasteiger partial charge in [0, 0.05) is 5.56 Å². The maximum atomic E-state index is 11.5. The van der Waals surface area contributed by atoms with Crippen molar-refractivity contribution in [3.8, 4) is 5.75 Å². The van der Waals surface area contributed by atoms with Crippen LogP contribution in [0.3, 0.4) is 0 Å². The maximum Gasteiger partial charge on any atom is 0.320 e. The van der Waals surface area contributed by atoms with Gasteiger partial charge in [-0.15, -0.1) is 0 Å². The Kier molecular flexibility index (Phi) is 4.19. The molecule has 0 aliphatic rings. The number of phenolic OH excluding ortho intramolecular Hbond substituents is 1. The average Bonchev–Trinajstić information content (AvgIpc) is 2.30. The predicted octanol–water partition coefficient (Wildman–Crippen LogP) is -0.512. The molecule has 0 amide bonds. The second-order valence-corrected chi connectivity index (χ2v) is 3.62. The van der Waals surface area contributed by atoms with Gasteiger partial charge in [-0.1, -0.05) is 6.07 Å². The number of ketones is 1. The lowest BCUT2D eigenvalue weighted by Crippen LogP contribution is -2.33. The van der Waals surface area contributed by atoms with Gasteiger partial charge in [0.1, 0.15) is 11.8 Å². The zero-order valence-corrected chi connectivity index (χ0v) is 9.09. The summed E-state index contributed by atoms with van der Waals surface area (Å²) < 4.78 is 0. The number of hydrogen-bond donors (Lipinski definition) is 4. The molecular weight excluding hydrogens is 224 g/mol. The number of carboxylic acids is 1. The number of carboxylic acid groups (broad SMARTS) is 1. The number of nitrogens with two attached hydrogens (primary N) is 2. The van der Waals surface area contributed by atoms with Crippen molar-refractivity contribution in [2.75, 3.05) is 6.54 Å². The third-order valence-electron chi connectivity index (χ3n) is 2.34. The summed E-state index contributed by atoms with van der Waals surface area (Å²) in [5.41, 5.74) is 11.3. The molecule has 0 bridgehead atoms. The van der Waals surface area contributed by atoms with Crippen LogP contribution >= 0.6 is 0 Å². The minimum atomic E-state index is -1.15. The molecule has 6 nitrogen and oxygen atoms in total. The predicted molar refractivity (Wildman–Crippen MR) is 60.8 cm³/mol. The van der Waals surface area contributed by atoms with E-state index in [0.717, 1.165) is 0 Å². The van der Waals surface area contributed by atoms with E-state index in [1.54, 1.807) is 0 Å². The van der Waals surface area contributed by atoms with Gasteiger partial charge < -0.3 is 21.7 Å². The fourth-order valence-corrected chi connectivity index (χ4v) is 1.44. The SMILES string of the molecule is NCC(=O)c1cc(O)ccc1C[C@H](N)C(=O)O. The summed E-state index contributed by atoms with van der Waals surface area (Å²) in [7, 11) is 0. The molecule has 0 spiro atoms. The van der Waals surface area contributed by atoms with Crippen LogP contribution in [0.2, 0.25) is 0 Å². The average molecular weight is 238 g/mol. The van der Waals surface area contributed by atoms with Crippen LogP contribution in [0.4, 0.5) is 0 Å². The van der Waals surface area contributed by atoms with Crippen LogP contribution in [0.1, 0.15) is 15.9 Å². The Labute approximate surface area is 97.8 Å². The molecule has 0 unspecified atom stereocenters. The Morgan fingerprint density at radius 1 is 1.35 bits per heavy atom. The summed E-state index contributed by atoms with van der Waals surface area (Å²) in [6.07, 6.45) is 0.0106. The number of hydrogen-bond acceptors (Lipinski definition) is 5. The molecule has 1 aromatic rings. The lowest BCUT2D eigenvalue weighted by atomic mass is 9.97. The van der Waals surface area contributed by atoms with Crippen LogP contribution in [0.5, 0.6) is 5.75 Å². The van der Waals surface area contributed by atoms with Gasteiger partial charge in [0.25, 0.3) is 0 Å². The first kappa shape index (κ1) is 13.1. The fraction of sp³-hybridized carbons (Fsp3) is 0.273. The van der Waals surface area contributed by atoms with Crippen LogP contribution in [0.15, 0.2) is 18.2 Å². The number of aromatic hydroxyl groups is 1. The van der Waals surface area contributed by atoms with Gasteiger partial charge in [0.15, 0.2) is 5.78 Å². The lowest BCUT2D eigenvalue weighted by molar-refractivity contribution is -0.138. The van der Waals surface area contributed by atoms with Crippen LogP contribution in [0.25, 0.3) is 0 Å². The zero-order chi connectivity index (χ0) is 13.0. The molecular formula is C11H14N2O4. The van der Waals surface area contributed by atoms with Gasteiger partial charge in [0.2, 0.25) is 0 Å². The number of carbonyl (C=O) groups is 2.